The smallest absolute Gasteiger partial charge is 0.208 e. The number of aromatic nitrogens is 1. The highest BCUT2D eigenvalue weighted by atomic mass is 35.5. The average Bonchev–Trinajstić information content (AvgIpc) is 3.12. The zero-order valence-electron chi connectivity index (χ0n) is 15.5. The Morgan fingerprint density at radius 1 is 1.14 bits per heavy atom. The second-order valence-electron chi connectivity index (χ2n) is 6.88. The highest BCUT2D eigenvalue weighted by Crippen LogP contribution is 2.34. The van der Waals surface area contributed by atoms with Crippen molar-refractivity contribution in [2.24, 2.45) is 0 Å². The zero-order chi connectivity index (χ0) is 19.7. The third kappa shape index (κ3) is 3.57. The fourth-order valence-corrected chi connectivity index (χ4v) is 5.20. The Kier molecular flexibility index (Phi) is 5.23. The number of aromatic amines is 1. The largest absolute Gasteiger partial charge is 0.495 e. The van der Waals surface area contributed by atoms with Gasteiger partial charge in [0.05, 0.1) is 22.6 Å². The Bertz CT molecular complexity index is 1110. The lowest BCUT2D eigenvalue weighted by Gasteiger charge is -2.25. The van der Waals surface area contributed by atoms with Crippen LogP contribution in [0.15, 0.2) is 52.4 Å². The van der Waals surface area contributed by atoms with Gasteiger partial charge < -0.3 is 20.4 Å². The number of sulfone groups is 1. The van der Waals surface area contributed by atoms with Crippen LogP contribution >= 0.6 is 11.6 Å². The van der Waals surface area contributed by atoms with Crippen molar-refractivity contribution in [1.29, 1.82) is 0 Å². The molecule has 0 aliphatic carbocycles. The number of nitrogens with one attached hydrogen (secondary N) is 3. The van der Waals surface area contributed by atoms with Crippen LogP contribution in [0.1, 0.15) is 12.8 Å². The summed E-state index contributed by atoms with van der Waals surface area (Å²) in [5.74, 6) is 0.628. The van der Waals surface area contributed by atoms with Crippen LogP contribution in [0.5, 0.6) is 5.75 Å². The number of benzene rings is 2. The first kappa shape index (κ1) is 19.1. The Labute approximate surface area is 169 Å². The van der Waals surface area contributed by atoms with Crippen molar-refractivity contribution >= 4 is 38.0 Å². The van der Waals surface area contributed by atoms with Crippen molar-refractivity contribution in [3.8, 4) is 5.75 Å². The Hall–Kier alpha value is -2.22. The zero-order valence-corrected chi connectivity index (χ0v) is 17.0. The van der Waals surface area contributed by atoms with Crippen molar-refractivity contribution in [2.45, 2.75) is 28.7 Å². The predicted octanol–water partition coefficient (Wildman–Crippen LogP) is 3.83. The molecule has 28 heavy (non-hydrogen) atoms. The highest BCUT2D eigenvalue weighted by molar-refractivity contribution is 7.91. The van der Waals surface area contributed by atoms with E-state index in [-0.39, 0.29) is 15.8 Å². The third-order valence-electron chi connectivity index (χ3n) is 5.08. The van der Waals surface area contributed by atoms with Gasteiger partial charge in [-0.1, -0.05) is 17.7 Å². The standard InChI is InChI=1S/C20H22ClN3O3S/c1-27-19-5-3-15(11-18(19)24-14-6-8-22-9-7-14)28(25,26)20-12-23-17-10-13(21)2-4-16(17)20/h2-5,10-12,14,22-24H,6-9H2,1H3. The summed E-state index contributed by atoms with van der Waals surface area (Å²) < 4.78 is 32.0. The number of halogens is 1. The van der Waals surface area contributed by atoms with Gasteiger partial charge in [0.25, 0.3) is 0 Å². The summed E-state index contributed by atoms with van der Waals surface area (Å²) in [6.45, 7) is 1.88. The molecule has 0 spiro atoms. The number of fused-ring (bicyclic) bond motifs is 1. The third-order valence-corrected chi connectivity index (χ3v) is 7.10. The van der Waals surface area contributed by atoms with E-state index in [4.69, 9.17) is 16.3 Å². The van der Waals surface area contributed by atoms with Crippen molar-refractivity contribution in [1.82, 2.24) is 10.3 Å². The van der Waals surface area contributed by atoms with E-state index in [2.05, 4.69) is 15.6 Å². The Balaban J connectivity index is 1.73. The molecule has 1 aromatic heterocycles. The van der Waals surface area contributed by atoms with Gasteiger partial charge in [-0.15, -0.1) is 0 Å². The van der Waals surface area contributed by atoms with Crippen molar-refractivity contribution in [3.63, 3.8) is 0 Å². The maximum absolute atomic E-state index is 13.3. The van der Waals surface area contributed by atoms with Crippen molar-refractivity contribution in [3.05, 3.63) is 47.6 Å². The molecule has 0 unspecified atom stereocenters. The van der Waals surface area contributed by atoms with E-state index in [0.717, 1.165) is 25.9 Å². The summed E-state index contributed by atoms with van der Waals surface area (Å²) in [5.41, 5.74) is 1.38. The molecule has 2 heterocycles. The molecular formula is C20H22ClN3O3S. The van der Waals surface area contributed by atoms with Crippen LogP contribution in [-0.2, 0) is 9.84 Å². The quantitative estimate of drug-likeness (QED) is 0.585. The first-order valence-electron chi connectivity index (χ1n) is 9.16. The molecule has 2 aromatic carbocycles. The van der Waals surface area contributed by atoms with Crippen LogP contribution in [0.25, 0.3) is 10.9 Å². The Morgan fingerprint density at radius 2 is 1.93 bits per heavy atom. The molecule has 0 radical (unpaired) electrons. The number of hydrogen-bond acceptors (Lipinski definition) is 5. The van der Waals surface area contributed by atoms with E-state index in [0.29, 0.717) is 27.4 Å². The number of methoxy groups -OCH3 is 1. The lowest BCUT2D eigenvalue weighted by Crippen LogP contribution is -2.35. The van der Waals surface area contributed by atoms with Crippen LogP contribution < -0.4 is 15.4 Å². The number of rotatable bonds is 5. The van der Waals surface area contributed by atoms with E-state index in [1.807, 2.05) is 0 Å². The SMILES string of the molecule is COc1ccc(S(=O)(=O)c2c[nH]c3cc(Cl)ccc23)cc1NC1CCNCC1. The minimum absolute atomic E-state index is 0.223. The van der Waals surface area contributed by atoms with Gasteiger partial charge in [-0.25, -0.2) is 8.42 Å². The van der Waals surface area contributed by atoms with Crippen molar-refractivity contribution < 1.29 is 13.2 Å². The number of ether oxygens (including phenoxy) is 1. The van der Waals surface area contributed by atoms with Crippen LogP contribution in [0, 0.1) is 0 Å². The molecule has 1 fully saturated rings. The lowest BCUT2D eigenvalue weighted by molar-refractivity contribution is 0.413. The molecule has 0 atom stereocenters. The molecule has 3 aromatic rings. The van der Waals surface area contributed by atoms with E-state index >= 15 is 0 Å². The summed E-state index contributed by atoms with van der Waals surface area (Å²) >= 11 is 6.01. The Morgan fingerprint density at radius 3 is 2.68 bits per heavy atom. The second kappa shape index (κ2) is 7.66. The van der Waals surface area contributed by atoms with Crippen LogP contribution in [0.3, 0.4) is 0 Å². The summed E-state index contributed by atoms with van der Waals surface area (Å²) in [5, 5.41) is 7.94. The topological polar surface area (TPSA) is 83.2 Å². The molecule has 1 aliphatic heterocycles. The molecule has 0 saturated carbocycles. The van der Waals surface area contributed by atoms with Crippen molar-refractivity contribution in [2.75, 3.05) is 25.5 Å². The number of hydrogen-bond donors (Lipinski definition) is 3. The fourth-order valence-electron chi connectivity index (χ4n) is 3.57. The molecule has 1 aliphatic rings. The molecule has 6 nitrogen and oxygen atoms in total. The van der Waals surface area contributed by atoms with E-state index in [9.17, 15) is 8.42 Å². The molecule has 4 rings (SSSR count). The van der Waals surface area contributed by atoms with Gasteiger partial charge in [0.15, 0.2) is 0 Å². The summed E-state index contributed by atoms with van der Waals surface area (Å²) in [4.78, 5) is 3.45. The normalized spacial score (nSPS) is 15.6. The molecule has 1 saturated heterocycles. The van der Waals surface area contributed by atoms with E-state index in [1.165, 1.54) is 6.20 Å². The minimum atomic E-state index is -3.71. The van der Waals surface area contributed by atoms with Gasteiger partial charge in [0.1, 0.15) is 5.75 Å². The number of piperidine rings is 1. The number of H-pyrrole nitrogens is 1. The van der Waals surface area contributed by atoms with Gasteiger partial charge in [-0.3, -0.25) is 0 Å². The maximum atomic E-state index is 13.3. The highest BCUT2D eigenvalue weighted by Gasteiger charge is 2.24. The van der Waals surface area contributed by atoms with Crippen LogP contribution in [0.2, 0.25) is 5.02 Å². The van der Waals surface area contributed by atoms with Gasteiger partial charge in [-0.2, -0.15) is 0 Å². The van der Waals surface area contributed by atoms with Gasteiger partial charge in [-0.05, 0) is 56.3 Å². The monoisotopic (exact) mass is 419 g/mol. The lowest BCUT2D eigenvalue weighted by atomic mass is 10.1. The maximum Gasteiger partial charge on any atom is 0.208 e. The summed E-state index contributed by atoms with van der Waals surface area (Å²) in [6, 6.07) is 10.3. The van der Waals surface area contributed by atoms with Crippen LogP contribution in [0.4, 0.5) is 5.69 Å². The molecule has 0 amide bonds. The summed E-state index contributed by atoms with van der Waals surface area (Å²) in [7, 11) is -2.12. The first-order valence-corrected chi connectivity index (χ1v) is 11.0. The first-order chi connectivity index (χ1) is 13.5. The van der Waals surface area contributed by atoms with Gasteiger partial charge in [0, 0.05) is 28.2 Å². The predicted molar refractivity (Wildman–Crippen MR) is 111 cm³/mol. The minimum Gasteiger partial charge on any atom is -0.495 e. The van der Waals surface area contributed by atoms with Gasteiger partial charge in [0.2, 0.25) is 9.84 Å². The van der Waals surface area contributed by atoms with Gasteiger partial charge >= 0.3 is 0 Å². The fraction of sp³-hybridized carbons (Fsp3) is 0.300. The van der Waals surface area contributed by atoms with E-state index in [1.54, 1.807) is 43.5 Å². The molecule has 8 heteroatoms. The molecule has 0 bridgehead atoms. The molecule has 3 N–H and O–H groups in total. The molecular weight excluding hydrogens is 398 g/mol. The number of anilines is 1. The molecule has 148 valence electrons. The van der Waals surface area contributed by atoms with E-state index < -0.39 is 9.84 Å². The average molecular weight is 420 g/mol. The summed E-state index contributed by atoms with van der Waals surface area (Å²) in [6.07, 6.45) is 3.47. The van der Waals surface area contributed by atoms with Crippen LogP contribution in [-0.4, -0.2) is 39.6 Å². The second-order valence-corrected chi connectivity index (χ2v) is 9.23.